The van der Waals surface area contributed by atoms with Crippen LogP contribution in [0.25, 0.3) is 0 Å². The van der Waals surface area contributed by atoms with Crippen LogP contribution in [0.5, 0.6) is 0 Å². The van der Waals surface area contributed by atoms with E-state index in [1.807, 2.05) is 0 Å². The SMILES string of the molecule is C.C.C1CCC2CCCCC2C1.C1CCCCC1. The summed E-state index contributed by atoms with van der Waals surface area (Å²) in [4.78, 5) is 0. The Balaban J connectivity index is 0.000000319. The molecule has 0 aromatic rings. The Morgan fingerprint density at radius 3 is 0.778 bits per heavy atom. The minimum Gasteiger partial charge on any atom is -0.0776 e. The van der Waals surface area contributed by atoms with Gasteiger partial charge in [0.05, 0.1) is 0 Å². The lowest BCUT2D eigenvalue weighted by Crippen LogP contribution is -2.22. The third-order valence-electron chi connectivity index (χ3n) is 4.97. The fourth-order valence-electron chi connectivity index (χ4n) is 3.92. The number of rotatable bonds is 0. The molecule has 0 heteroatoms. The Kier molecular flexibility index (Phi) is 10.9. The van der Waals surface area contributed by atoms with Crippen molar-refractivity contribution in [1.82, 2.24) is 0 Å². The van der Waals surface area contributed by atoms with Crippen LogP contribution in [0.1, 0.15) is 105 Å². The second-order valence-corrected chi connectivity index (χ2v) is 6.21. The molecular formula is C18H38. The Bertz CT molecular complexity index is 131. The van der Waals surface area contributed by atoms with Crippen molar-refractivity contribution in [2.24, 2.45) is 11.8 Å². The van der Waals surface area contributed by atoms with Crippen LogP contribution < -0.4 is 0 Å². The average Bonchev–Trinajstić information content (AvgIpc) is 2.42. The van der Waals surface area contributed by atoms with Gasteiger partial charge in [-0.1, -0.05) is 105 Å². The van der Waals surface area contributed by atoms with Gasteiger partial charge in [0.15, 0.2) is 0 Å². The third-order valence-corrected chi connectivity index (χ3v) is 4.97. The van der Waals surface area contributed by atoms with Crippen LogP contribution in [-0.2, 0) is 0 Å². The van der Waals surface area contributed by atoms with Crippen molar-refractivity contribution in [1.29, 1.82) is 0 Å². The zero-order chi connectivity index (χ0) is 11.1. The highest BCUT2D eigenvalue weighted by Crippen LogP contribution is 2.39. The van der Waals surface area contributed by atoms with Gasteiger partial charge in [-0.3, -0.25) is 0 Å². The molecule has 3 rings (SSSR count). The van der Waals surface area contributed by atoms with E-state index in [2.05, 4.69) is 0 Å². The van der Waals surface area contributed by atoms with Crippen LogP contribution >= 0.6 is 0 Å². The third kappa shape index (κ3) is 6.25. The zero-order valence-corrected chi connectivity index (χ0v) is 11.1. The summed E-state index contributed by atoms with van der Waals surface area (Å²) in [6.45, 7) is 0. The highest BCUT2D eigenvalue weighted by molar-refractivity contribution is 4.78. The molecule has 0 nitrogen and oxygen atoms in total. The molecule has 3 aliphatic rings. The Morgan fingerprint density at radius 1 is 0.333 bits per heavy atom. The summed E-state index contributed by atoms with van der Waals surface area (Å²) in [6, 6.07) is 0. The van der Waals surface area contributed by atoms with Crippen LogP contribution in [0.4, 0.5) is 0 Å². The van der Waals surface area contributed by atoms with Gasteiger partial charge in [0, 0.05) is 0 Å². The fourth-order valence-corrected chi connectivity index (χ4v) is 3.92. The summed E-state index contributed by atoms with van der Waals surface area (Å²) < 4.78 is 0. The minimum absolute atomic E-state index is 0. The average molecular weight is 255 g/mol. The maximum Gasteiger partial charge on any atom is -0.0386 e. The molecule has 0 saturated heterocycles. The second-order valence-electron chi connectivity index (χ2n) is 6.21. The van der Waals surface area contributed by atoms with Gasteiger partial charge in [0.25, 0.3) is 0 Å². The highest BCUT2D eigenvalue weighted by Gasteiger charge is 2.26. The predicted molar refractivity (Wildman–Crippen MR) is 85.1 cm³/mol. The van der Waals surface area contributed by atoms with Crippen LogP contribution in [0.3, 0.4) is 0 Å². The molecule has 0 spiro atoms. The lowest BCUT2D eigenvalue weighted by molar-refractivity contribution is 0.171. The van der Waals surface area contributed by atoms with E-state index in [0.29, 0.717) is 0 Å². The minimum atomic E-state index is 0. The summed E-state index contributed by atoms with van der Waals surface area (Å²) in [7, 11) is 0. The van der Waals surface area contributed by atoms with Crippen LogP contribution in [0.15, 0.2) is 0 Å². The molecule has 3 fully saturated rings. The fraction of sp³-hybridized carbons (Fsp3) is 1.00. The molecule has 0 radical (unpaired) electrons. The molecule has 0 heterocycles. The molecule has 0 unspecified atom stereocenters. The van der Waals surface area contributed by atoms with Gasteiger partial charge in [-0.05, 0) is 11.8 Å². The van der Waals surface area contributed by atoms with Crippen molar-refractivity contribution in [3.05, 3.63) is 0 Å². The second kappa shape index (κ2) is 10.9. The molecule has 0 bridgehead atoms. The Hall–Kier alpha value is 0. The van der Waals surface area contributed by atoms with E-state index in [1.54, 1.807) is 25.7 Å². The first-order valence-corrected chi connectivity index (χ1v) is 7.97. The molecule has 0 aromatic heterocycles. The first-order chi connectivity index (χ1) is 7.97. The maximum atomic E-state index is 1.56. The maximum absolute atomic E-state index is 1.56. The number of fused-ring (bicyclic) bond motifs is 1. The van der Waals surface area contributed by atoms with E-state index < -0.39 is 0 Å². The van der Waals surface area contributed by atoms with Gasteiger partial charge in [-0.2, -0.15) is 0 Å². The summed E-state index contributed by atoms with van der Waals surface area (Å²) >= 11 is 0. The van der Waals surface area contributed by atoms with E-state index in [4.69, 9.17) is 0 Å². The van der Waals surface area contributed by atoms with E-state index in [9.17, 15) is 0 Å². The molecule has 0 N–H and O–H groups in total. The van der Waals surface area contributed by atoms with Crippen molar-refractivity contribution in [3.63, 3.8) is 0 Å². The summed E-state index contributed by atoms with van der Waals surface area (Å²) in [5, 5.41) is 0. The molecule has 18 heavy (non-hydrogen) atoms. The van der Waals surface area contributed by atoms with E-state index in [-0.39, 0.29) is 14.9 Å². The number of hydrogen-bond donors (Lipinski definition) is 0. The largest absolute Gasteiger partial charge is 0.0776 e. The lowest BCUT2D eigenvalue weighted by Gasteiger charge is -2.35. The molecular weight excluding hydrogens is 216 g/mol. The van der Waals surface area contributed by atoms with Gasteiger partial charge < -0.3 is 0 Å². The van der Waals surface area contributed by atoms with Crippen LogP contribution in [0.2, 0.25) is 0 Å². The van der Waals surface area contributed by atoms with Gasteiger partial charge in [0.1, 0.15) is 0 Å². The number of hydrogen-bond acceptors (Lipinski definition) is 0. The van der Waals surface area contributed by atoms with E-state index >= 15 is 0 Å². The van der Waals surface area contributed by atoms with Crippen molar-refractivity contribution in [2.45, 2.75) is 105 Å². The highest BCUT2D eigenvalue weighted by atomic mass is 14.3. The van der Waals surface area contributed by atoms with Crippen molar-refractivity contribution >= 4 is 0 Å². The summed E-state index contributed by atoms with van der Waals surface area (Å²) in [5.74, 6) is 2.31. The molecule has 3 saturated carbocycles. The molecule has 0 aromatic carbocycles. The van der Waals surface area contributed by atoms with Gasteiger partial charge in [0.2, 0.25) is 0 Å². The first-order valence-electron chi connectivity index (χ1n) is 7.97. The quantitative estimate of drug-likeness (QED) is 0.437. The van der Waals surface area contributed by atoms with Gasteiger partial charge >= 0.3 is 0 Å². The summed E-state index contributed by atoms with van der Waals surface area (Å²) in [6.07, 6.45) is 21.4. The molecule has 110 valence electrons. The van der Waals surface area contributed by atoms with Crippen molar-refractivity contribution < 1.29 is 0 Å². The molecule has 3 aliphatic carbocycles. The molecule has 0 aliphatic heterocycles. The Labute approximate surface area is 117 Å². The normalized spacial score (nSPS) is 30.7. The van der Waals surface area contributed by atoms with Crippen molar-refractivity contribution in [3.8, 4) is 0 Å². The van der Waals surface area contributed by atoms with Crippen molar-refractivity contribution in [2.75, 3.05) is 0 Å². The van der Waals surface area contributed by atoms with Gasteiger partial charge in [-0.25, -0.2) is 0 Å². The van der Waals surface area contributed by atoms with Gasteiger partial charge in [-0.15, -0.1) is 0 Å². The topological polar surface area (TPSA) is 0 Å². The summed E-state index contributed by atoms with van der Waals surface area (Å²) in [5.41, 5.74) is 0. The lowest BCUT2D eigenvalue weighted by atomic mass is 9.71. The molecule has 0 amide bonds. The van der Waals surface area contributed by atoms with E-state index in [1.165, 1.54) is 64.2 Å². The standard InChI is InChI=1S/C10H18.C6H12.2CH4/c1-2-6-10-8-4-3-7-9(10)5-1;1-2-4-6-5-3-1;;/h9-10H,1-8H2;1-6H2;2*1H4. The predicted octanol–water partition coefficient (Wildman–Crippen LogP) is 6.98. The molecule has 0 atom stereocenters. The smallest absolute Gasteiger partial charge is 0.0386 e. The first kappa shape index (κ1) is 18.0. The Morgan fingerprint density at radius 2 is 0.556 bits per heavy atom. The van der Waals surface area contributed by atoms with E-state index in [0.717, 1.165) is 11.8 Å². The zero-order valence-electron chi connectivity index (χ0n) is 11.1. The van der Waals surface area contributed by atoms with Crippen LogP contribution in [0, 0.1) is 11.8 Å². The van der Waals surface area contributed by atoms with Crippen LogP contribution in [-0.4, -0.2) is 0 Å². The monoisotopic (exact) mass is 254 g/mol.